The molecule has 1 fully saturated rings. The van der Waals surface area contributed by atoms with E-state index in [1.54, 1.807) is 6.07 Å². The van der Waals surface area contributed by atoms with Crippen LogP contribution >= 0.6 is 0 Å². The third-order valence-corrected chi connectivity index (χ3v) is 6.21. The highest BCUT2D eigenvalue weighted by Crippen LogP contribution is 2.29. The van der Waals surface area contributed by atoms with Gasteiger partial charge in [0.15, 0.2) is 6.10 Å². The van der Waals surface area contributed by atoms with Crippen LogP contribution in [0.2, 0.25) is 0 Å². The molecule has 2 heterocycles. The lowest BCUT2D eigenvalue weighted by Crippen LogP contribution is -3.13. The lowest BCUT2D eigenvalue weighted by Gasteiger charge is -2.33. The van der Waals surface area contributed by atoms with Gasteiger partial charge in [-0.25, -0.2) is 0 Å². The number of benzene rings is 3. The van der Waals surface area contributed by atoms with E-state index in [9.17, 15) is 9.59 Å². The van der Waals surface area contributed by atoms with Gasteiger partial charge in [0.05, 0.1) is 38.3 Å². The second kappa shape index (κ2) is 8.40. The van der Waals surface area contributed by atoms with Crippen LogP contribution in [0.4, 0.5) is 5.69 Å². The monoisotopic (exact) mass is 416 g/mol. The molecule has 1 atom stereocenters. The Hall–Kier alpha value is -3.38. The van der Waals surface area contributed by atoms with E-state index in [1.165, 1.54) is 21.2 Å². The number of carbonyl (C=O) groups is 2. The minimum Gasteiger partial charge on any atom is -0.478 e. The molecular formula is C25H26N3O3+. The van der Waals surface area contributed by atoms with Gasteiger partial charge in [0, 0.05) is 5.56 Å². The number of quaternary nitrogens is 1. The molecule has 0 aromatic heterocycles. The van der Waals surface area contributed by atoms with E-state index in [0.29, 0.717) is 24.5 Å². The van der Waals surface area contributed by atoms with Crippen molar-refractivity contribution < 1.29 is 19.2 Å². The second-order valence-corrected chi connectivity index (χ2v) is 8.24. The molecule has 5 rings (SSSR count). The number of anilines is 1. The topological polar surface area (TPSA) is 63.1 Å². The van der Waals surface area contributed by atoms with E-state index < -0.39 is 6.10 Å². The zero-order valence-electron chi connectivity index (χ0n) is 17.3. The molecule has 6 heteroatoms. The number of ether oxygens (including phenoxy) is 1. The summed E-state index contributed by atoms with van der Waals surface area (Å²) in [6.45, 7) is 4.15. The summed E-state index contributed by atoms with van der Waals surface area (Å²) in [6.07, 6.45) is -0.706. The Balaban J connectivity index is 1.17. The maximum atomic E-state index is 12.8. The summed E-state index contributed by atoms with van der Waals surface area (Å²) in [5.41, 5.74) is 2.00. The number of rotatable bonds is 4. The van der Waals surface area contributed by atoms with Crippen LogP contribution in [0.3, 0.4) is 0 Å². The normalized spacial score (nSPS) is 18.9. The van der Waals surface area contributed by atoms with Crippen molar-refractivity contribution in [2.75, 3.05) is 31.5 Å². The standard InChI is InChI=1S/C25H25N3O3/c29-24(16-23-25(30)26-21-10-3-4-11-22(21)31-23)28-14-12-27(13-15-28)17-19-8-5-7-18-6-1-2-9-20(18)19/h1-11,23H,12-17H2,(H,26,30)/p+1/t23-/m0/s1. The molecule has 3 aromatic rings. The Morgan fingerprint density at radius 1 is 1.00 bits per heavy atom. The molecule has 3 aromatic carbocycles. The predicted molar refractivity (Wildman–Crippen MR) is 119 cm³/mol. The van der Waals surface area contributed by atoms with Crippen LogP contribution < -0.4 is 15.0 Å². The summed E-state index contributed by atoms with van der Waals surface area (Å²) in [5, 5.41) is 5.40. The van der Waals surface area contributed by atoms with Crippen LogP contribution in [0, 0.1) is 0 Å². The number of hydrogen-bond acceptors (Lipinski definition) is 3. The third kappa shape index (κ3) is 4.11. The van der Waals surface area contributed by atoms with Crippen molar-refractivity contribution in [1.29, 1.82) is 0 Å². The summed E-state index contributed by atoms with van der Waals surface area (Å²) >= 11 is 0. The fraction of sp³-hybridized carbons (Fsp3) is 0.280. The van der Waals surface area contributed by atoms with Crippen LogP contribution in [-0.2, 0) is 16.1 Å². The van der Waals surface area contributed by atoms with E-state index in [4.69, 9.17) is 4.74 Å². The molecule has 2 amide bonds. The first-order chi connectivity index (χ1) is 15.2. The summed E-state index contributed by atoms with van der Waals surface area (Å²) < 4.78 is 5.78. The zero-order valence-corrected chi connectivity index (χ0v) is 17.3. The van der Waals surface area contributed by atoms with Gasteiger partial charge in [-0.1, -0.05) is 54.6 Å². The lowest BCUT2D eigenvalue weighted by molar-refractivity contribution is -0.917. The minimum atomic E-state index is -0.775. The first-order valence-electron chi connectivity index (χ1n) is 10.8. The number of nitrogens with zero attached hydrogens (tertiary/aromatic N) is 1. The minimum absolute atomic E-state index is 0.0243. The van der Waals surface area contributed by atoms with Crippen molar-refractivity contribution in [1.82, 2.24) is 4.90 Å². The van der Waals surface area contributed by atoms with Crippen molar-refractivity contribution in [3.05, 3.63) is 72.3 Å². The second-order valence-electron chi connectivity index (χ2n) is 8.24. The van der Waals surface area contributed by atoms with Gasteiger partial charge < -0.3 is 19.9 Å². The molecule has 2 aliphatic rings. The van der Waals surface area contributed by atoms with Gasteiger partial charge in [0.2, 0.25) is 5.91 Å². The molecule has 1 saturated heterocycles. The molecule has 0 aliphatic carbocycles. The number of hydrogen-bond donors (Lipinski definition) is 2. The molecule has 158 valence electrons. The molecule has 0 radical (unpaired) electrons. The van der Waals surface area contributed by atoms with Crippen LogP contribution in [0.1, 0.15) is 12.0 Å². The maximum Gasteiger partial charge on any atom is 0.266 e. The molecule has 0 unspecified atom stereocenters. The van der Waals surface area contributed by atoms with Gasteiger partial charge in [-0.15, -0.1) is 0 Å². The predicted octanol–water partition coefficient (Wildman–Crippen LogP) is 1.86. The molecule has 0 spiro atoms. The summed E-state index contributed by atoms with van der Waals surface area (Å²) in [6, 6.07) is 22.2. The third-order valence-electron chi connectivity index (χ3n) is 6.21. The number of piperazine rings is 1. The van der Waals surface area contributed by atoms with E-state index in [1.807, 2.05) is 23.1 Å². The van der Waals surface area contributed by atoms with Gasteiger partial charge in [0.1, 0.15) is 12.3 Å². The first-order valence-corrected chi connectivity index (χ1v) is 10.8. The molecule has 2 aliphatic heterocycles. The summed E-state index contributed by atoms with van der Waals surface area (Å²) in [4.78, 5) is 28.5. The number of carbonyl (C=O) groups excluding carboxylic acids is 2. The Bertz CT molecular complexity index is 1120. The summed E-state index contributed by atoms with van der Waals surface area (Å²) in [7, 11) is 0. The van der Waals surface area contributed by atoms with Gasteiger partial charge in [-0.2, -0.15) is 0 Å². The van der Waals surface area contributed by atoms with Crippen LogP contribution in [0.15, 0.2) is 66.7 Å². The first kappa shape index (κ1) is 19.6. The number of para-hydroxylation sites is 2. The van der Waals surface area contributed by atoms with Gasteiger partial charge in [-0.3, -0.25) is 9.59 Å². The van der Waals surface area contributed by atoms with E-state index in [-0.39, 0.29) is 18.2 Å². The molecule has 2 N–H and O–H groups in total. The largest absolute Gasteiger partial charge is 0.478 e. The molecule has 6 nitrogen and oxygen atoms in total. The van der Waals surface area contributed by atoms with E-state index in [0.717, 1.165) is 19.6 Å². The lowest BCUT2D eigenvalue weighted by atomic mass is 10.0. The van der Waals surface area contributed by atoms with Crippen molar-refractivity contribution in [2.24, 2.45) is 0 Å². The molecular weight excluding hydrogens is 390 g/mol. The molecule has 31 heavy (non-hydrogen) atoms. The SMILES string of the molecule is O=C1Nc2ccccc2O[C@H]1CC(=O)N1CC[NH+](Cc2cccc3ccccc23)CC1. The number of fused-ring (bicyclic) bond motifs is 2. The van der Waals surface area contributed by atoms with Crippen molar-refractivity contribution >= 4 is 28.3 Å². The smallest absolute Gasteiger partial charge is 0.266 e. The van der Waals surface area contributed by atoms with Crippen LogP contribution in [-0.4, -0.2) is 49.0 Å². The fourth-order valence-corrected chi connectivity index (χ4v) is 4.48. The highest BCUT2D eigenvalue weighted by atomic mass is 16.5. The summed E-state index contributed by atoms with van der Waals surface area (Å²) in [5.74, 6) is 0.334. The Morgan fingerprint density at radius 3 is 2.61 bits per heavy atom. The number of nitrogens with one attached hydrogen (secondary N) is 2. The molecule has 0 saturated carbocycles. The highest BCUT2D eigenvalue weighted by Gasteiger charge is 2.32. The zero-order chi connectivity index (χ0) is 21.2. The van der Waals surface area contributed by atoms with Gasteiger partial charge in [-0.05, 0) is 22.9 Å². The average Bonchev–Trinajstić information content (AvgIpc) is 2.80. The Morgan fingerprint density at radius 2 is 1.74 bits per heavy atom. The van der Waals surface area contributed by atoms with Crippen molar-refractivity contribution in [3.8, 4) is 5.75 Å². The highest BCUT2D eigenvalue weighted by molar-refractivity contribution is 6.00. The van der Waals surface area contributed by atoms with Gasteiger partial charge in [0.25, 0.3) is 5.91 Å². The number of amides is 2. The van der Waals surface area contributed by atoms with Crippen molar-refractivity contribution in [2.45, 2.75) is 19.1 Å². The van der Waals surface area contributed by atoms with Crippen LogP contribution in [0.5, 0.6) is 5.75 Å². The van der Waals surface area contributed by atoms with Crippen molar-refractivity contribution in [3.63, 3.8) is 0 Å². The Kier molecular flexibility index (Phi) is 5.30. The van der Waals surface area contributed by atoms with Crippen LogP contribution in [0.25, 0.3) is 10.8 Å². The Labute approximate surface area is 181 Å². The van der Waals surface area contributed by atoms with Gasteiger partial charge >= 0.3 is 0 Å². The average molecular weight is 417 g/mol. The van der Waals surface area contributed by atoms with E-state index >= 15 is 0 Å². The molecule has 0 bridgehead atoms. The van der Waals surface area contributed by atoms with E-state index in [2.05, 4.69) is 47.8 Å². The fourth-order valence-electron chi connectivity index (χ4n) is 4.48. The maximum absolute atomic E-state index is 12.8. The quantitative estimate of drug-likeness (QED) is 0.683.